The summed E-state index contributed by atoms with van der Waals surface area (Å²) in [5, 5.41) is 6.75. The van der Waals surface area contributed by atoms with E-state index in [0.717, 1.165) is 18.0 Å². The average molecular weight is 331 g/mol. The van der Waals surface area contributed by atoms with Crippen LogP contribution in [0.3, 0.4) is 0 Å². The molecule has 0 fully saturated rings. The molecule has 0 radical (unpaired) electrons. The number of aromatic nitrogens is 1. The lowest BCUT2D eigenvalue weighted by Gasteiger charge is -2.20. The van der Waals surface area contributed by atoms with Gasteiger partial charge in [-0.3, -0.25) is 9.69 Å². The van der Waals surface area contributed by atoms with Crippen molar-refractivity contribution in [2.75, 3.05) is 31.6 Å². The van der Waals surface area contributed by atoms with E-state index in [-0.39, 0.29) is 12.5 Å². The third-order valence-corrected chi connectivity index (χ3v) is 3.70. The molecule has 3 rings (SSSR count). The van der Waals surface area contributed by atoms with Gasteiger partial charge in [0.2, 0.25) is 5.91 Å². The summed E-state index contributed by atoms with van der Waals surface area (Å²) in [4.78, 5) is 14.3. The Hall–Kier alpha value is -2.54. The Bertz CT molecular complexity index is 714. The number of anilines is 1. The van der Waals surface area contributed by atoms with E-state index in [9.17, 15) is 4.79 Å². The van der Waals surface area contributed by atoms with E-state index in [0.29, 0.717) is 36.9 Å². The number of nitrogens with zero attached hydrogens (tertiary/aromatic N) is 2. The molecule has 1 amide bonds. The first kappa shape index (κ1) is 16.3. The van der Waals surface area contributed by atoms with Gasteiger partial charge in [0.05, 0.1) is 18.8 Å². The number of carbonyl (C=O) groups is 1. The van der Waals surface area contributed by atoms with Crippen LogP contribution in [0.4, 0.5) is 5.69 Å². The zero-order chi connectivity index (χ0) is 16.9. The first-order chi connectivity index (χ1) is 11.6. The molecular formula is C17H21N3O4. The summed E-state index contributed by atoms with van der Waals surface area (Å²) >= 11 is 0. The van der Waals surface area contributed by atoms with Crippen LogP contribution in [0, 0.1) is 6.92 Å². The van der Waals surface area contributed by atoms with Gasteiger partial charge in [-0.15, -0.1) is 0 Å². The molecule has 1 aromatic carbocycles. The monoisotopic (exact) mass is 331 g/mol. The number of rotatable bonds is 6. The molecule has 1 aromatic heterocycles. The SMILES string of the molecule is CCN(CC(=O)Nc1ccc2c(c1)OCCO2)Cc1cc(C)no1. The predicted molar refractivity (Wildman–Crippen MR) is 88.3 cm³/mol. The number of carbonyl (C=O) groups excluding carboxylic acids is 1. The molecule has 128 valence electrons. The molecular weight excluding hydrogens is 310 g/mol. The number of hydrogen-bond acceptors (Lipinski definition) is 6. The van der Waals surface area contributed by atoms with Crippen LogP contribution in [0.15, 0.2) is 28.8 Å². The van der Waals surface area contributed by atoms with E-state index in [1.807, 2.05) is 30.9 Å². The minimum atomic E-state index is -0.0928. The lowest BCUT2D eigenvalue weighted by Crippen LogP contribution is -2.32. The number of ether oxygens (including phenoxy) is 2. The lowest BCUT2D eigenvalue weighted by atomic mass is 10.2. The van der Waals surface area contributed by atoms with Gasteiger partial charge in [-0.2, -0.15) is 0 Å². The van der Waals surface area contributed by atoms with Crippen molar-refractivity contribution in [1.29, 1.82) is 0 Å². The van der Waals surface area contributed by atoms with Gasteiger partial charge in [-0.1, -0.05) is 12.1 Å². The van der Waals surface area contributed by atoms with E-state index in [4.69, 9.17) is 14.0 Å². The lowest BCUT2D eigenvalue weighted by molar-refractivity contribution is -0.117. The van der Waals surface area contributed by atoms with E-state index in [1.165, 1.54) is 0 Å². The maximum atomic E-state index is 12.3. The van der Waals surface area contributed by atoms with Crippen LogP contribution in [0.1, 0.15) is 18.4 Å². The number of aryl methyl sites for hydroxylation is 1. The fourth-order valence-corrected chi connectivity index (χ4v) is 2.52. The van der Waals surface area contributed by atoms with Crippen LogP contribution in [0.25, 0.3) is 0 Å². The minimum Gasteiger partial charge on any atom is -0.486 e. The molecule has 0 aliphatic carbocycles. The Morgan fingerprint density at radius 1 is 1.25 bits per heavy atom. The zero-order valence-electron chi connectivity index (χ0n) is 13.9. The minimum absolute atomic E-state index is 0.0928. The highest BCUT2D eigenvalue weighted by Gasteiger charge is 2.15. The van der Waals surface area contributed by atoms with Crippen molar-refractivity contribution in [3.05, 3.63) is 35.7 Å². The van der Waals surface area contributed by atoms with Crippen LogP contribution in [-0.4, -0.2) is 42.3 Å². The highest BCUT2D eigenvalue weighted by molar-refractivity contribution is 5.92. The summed E-state index contributed by atoms with van der Waals surface area (Å²) in [6.07, 6.45) is 0. The van der Waals surface area contributed by atoms with Crippen molar-refractivity contribution in [3.63, 3.8) is 0 Å². The highest BCUT2D eigenvalue weighted by atomic mass is 16.6. The standard InChI is InChI=1S/C17H21N3O4/c1-3-20(10-14-8-12(2)19-24-14)11-17(21)18-13-4-5-15-16(9-13)23-7-6-22-15/h4-5,8-9H,3,6-7,10-11H2,1-2H3,(H,18,21). The van der Waals surface area contributed by atoms with Crippen LogP contribution in [-0.2, 0) is 11.3 Å². The van der Waals surface area contributed by atoms with Gasteiger partial charge in [-0.05, 0) is 25.6 Å². The molecule has 0 saturated heterocycles. The second kappa shape index (κ2) is 7.35. The zero-order valence-corrected chi connectivity index (χ0v) is 13.9. The van der Waals surface area contributed by atoms with Crippen molar-refractivity contribution < 1.29 is 18.8 Å². The molecule has 1 aliphatic heterocycles. The molecule has 2 heterocycles. The largest absolute Gasteiger partial charge is 0.486 e. The van der Waals surface area contributed by atoms with Gasteiger partial charge in [0, 0.05) is 17.8 Å². The molecule has 0 saturated carbocycles. The summed E-state index contributed by atoms with van der Waals surface area (Å²) in [6, 6.07) is 7.27. The molecule has 7 heteroatoms. The van der Waals surface area contributed by atoms with E-state index < -0.39 is 0 Å². The fourth-order valence-electron chi connectivity index (χ4n) is 2.52. The molecule has 0 atom stereocenters. The summed E-state index contributed by atoms with van der Waals surface area (Å²) in [5.74, 6) is 2.02. The number of nitrogens with one attached hydrogen (secondary N) is 1. The van der Waals surface area contributed by atoms with Crippen LogP contribution >= 0.6 is 0 Å². The van der Waals surface area contributed by atoms with E-state index in [2.05, 4.69) is 10.5 Å². The molecule has 0 unspecified atom stereocenters. The summed E-state index contributed by atoms with van der Waals surface area (Å²) in [7, 11) is 0. The average Bonchev–Trinajstić information content (AvgIpc) is 2.99. The van der Waals surface area contributed by atoms with Gasteiger partial charge < -0.3 is 19.3 Å². The van der Waals surface area contributed by atoms with Crippen molar-refractivity contribution in [2.45, 2.75) is 20.4 Å². The van der Waals surface area contributed by atoms with Crippen LogP contribution in [0.5, 0.6) is 11.5 Å². The summed E-state index contributed by atoms with van der Waals surface area (Å²) in [6.45, 7) is 6.49. The Labute approximate surface area is 140 Å². The molecule has 7 nitrogen and oxygen atoms in total. The fraction of sp³-hybridized carbons (Fsp3) is 0.412. The van der Waals surface area contributed by atoms with Crippen LogP contribution in [0.2, 0.25) is 0 Å². The highest BCUT2D eigenvalue weighted by Crippen LogP contribution is 2.32. The second-order valence-corrected chi connectivity index (χ2v) is 5.64. The predicted octanol–water partition coefficient (Wildman–Crippen LogP) is 2.21. The topological polar surface area (TPSA) is 76.8 Å². The molecule has 1 aliphatic rings. The summed E-state index contributed by atoms with van der Waals surface area (Å²) < 4.78 is 16.2. The summed E-state index contributed by atoms with van der Waals surface area (Å²) in [5.41, 5.74) is 1.53. The number of amides is 1. The maximum Gasteiger partial charge on any atom is 0.238 e. The van der Waals surface area contributed by atoms with Crippen molar-refractivity contribution >= 4 is 11.6 Å². The van der Waals surface area contributed by atoms with Crippen molar-refractivity contribution in [2.24, 2.45) is 0 Å². The molecule has 0 bridgehead atoms. The van der Waals surface area contributed by atoms with Gasteiger partial charge >= 0.3 is 0 Å². The van der Waals surface area contributed by atoms with Gasteiger partial charge in [-0.25, -0.2) is 0 Å². The Morgan fingerprint density at radius 3 is 2.75 bits per heavy atom. The number of fused-ring (bicyclic) bond motifs is 1. The first-order valence-corrected chi connectivity index (χ1v) is 7.98. The third-order valence-electron chi connectivity index (χ3n) is 3.70. The molecule has 2 aromatic rings. The van der Waals surface area contributed by atoms with Gasteiger partial charge in [0.25, 0.3) is 0 Å². The normalized spacial score (nSPS) is 13.1. The number of benzene rings is 1. The number of likely N-dealkylation sites (N-methyl/N-ethyl adjacent to an activating group) is 1. The Balaban J connectivity index is 1.57. The molecule has 24 heavy (non-hydrogen) atoms. The second-order valence-electron chi connectivity index (χ2n) is 5.64. The van der Waals surface area contributed by atoms with Crippen LogP contribution < -0.4 is 14.8 Å². The van der Waals surface area contributed by atoms with E-state index in [1.54, 1.807) is 12.1 Å². The van der Waals surface area contributed by atoms with Crippen molar-refractivity contribution in [3.8, 4) is 11.5 Å². The molecule has 1 N–H and O–H groups in total. The Kier molecular flexibility index (Phi) is 5.00. The van der Waals surface area contributed by atoms with Gasteiger partial charge in [0.1, 0.15) is 13.2 Å². The quantitative estimate of drug-likeness (QED) is 0.874. The number of hydrogen-bond donors (Lipinski definition) is 1. The Morgan fingerprint density at radius 2 is 2.04 bits per heavy atom. The molecule has 0 spiro atoms. The van der Waals surface area contributed by atoms with E-state index >= 15 is 0 Å². The first-order valence-electron chi connectivity index (χ1n) is 7.98. The third kappa shape index (κ3) is 4.05. The van der Waals surface area contributed by atoms with Crippen molar-refractivity contribution in [1.82, 2.24) is 10.1 Å². The van der Waals surface area contributed by atoms with Gasteiger partial charge in [0.15, 0.2) is 17.3 Å². The smallest absolute Gasteiger partial charge is 0.238 e. The maximum absolute atomic E-state index is 12.3.